The molecule has 0 aliphatic heterocycles. The van der Waals surface area contributed by atoms with Crippen LogP contribution in [-0.4, -0.2) is 11.7 Å². The molecule has 0 spiro atoms. The third kappa shape index (κ3) is 3.43. The van der Waals surface area contributed by atoms with E-state index in [0.717, 1.165) is 11.1 Å². The van der Waals surface area contributed by atoms with Gasteiger partial charge in [-0.25, -0.2) is 4.39 Å². The van der Waals surface area contributed by atoms with Gasteiger partial charge < -0.3 is 10.8 Å². The Kier molecular flexibility index (Phi) is 4.99. The molecule has 3 N–H and O–H groups in total. The molecule has 2 unspecified atom stereocenters. The number of aliphatic hydroxyl groups is 1. The van der Waals surface area contributed by atoms with Crippen LogP contribution in [0.5, 0.6) is 0 Å². The van der Waals surface area contributed by atoms with E-state index in [1.807, 2.05) is 32.0 Å². The topological polar surface area (TPSA) is 46.2 Å². The summed E-state index contributed by atoms with van der Waals surface area (Å²) in [6, 6.07) is 10.3. The van der Waals surface area contributed by atoms with Crippen molar-refractivity contribution in [3.8, 4) is 0 Å². The Labute approximate surface area is 129 Å². The molecule has 0 aliphatic carbocycles. The van der Waals surface area contributed by atoms with Crippen molar-refractivity contribution in [2.45, 2.75) is 25.9 Å². The van der Waals surface area contributed by atoms with Crippen LogP contribution in [0.2, 0.25) is 5.02 Å². The van der Waals surface area contributed by atoms with Crippen LogP contribution in [0.3, 0.4) is 0 Å². The summed E-state index contributed by atoms with van der Waals surface area (Å²) in [6.45, 7) is 4.35. The maximum Gasteiger partial charge on any atom is 0.141 e. The molecule has 0 amide bonds. The number of rotatable bonds is 4. The number of nitrogens with two attached hydrogens (primary N) is 1. The molecule has 0 heterocycles. The molecule has 0 aromatic heterocycles. The summed E-state index contributed by atoms with van der Waals surface area (Å²) in [5.74, 6) is -0.756. The standard InChI is InChI=1S/C17H19ClFNO/c1-10-3-4-12(7-11(10)2)14(9-20)17(21)13-5-6-16(19)15(18)8-13/h3-8,14,17,21H,9,20H2,1-2H3. The van der Waals surface area contributed by atoms with Crippen molar-refractivity contribution in [2.75, 3.05) is 6.54 Å². The Morgan fingerprint density at radius 1 is 1.10 bits per heavy atom. The van der Waals surface area contributed by atoms with E-state index in [-0.39, 0.29) is 10.9 Å². The summed E-state index contributed by atoms with van der Waals surface area (Å²) in [5.41, 5.74) is 9.70. The van der Waals surface area contributed by atoms with Gasteiger partial charge in [-0.15, -0.1) is 0 Å². The summed E-state index contributed by atoms with van der Waals surface area (Å²) < 4.78 is 13.2. The monoisotopic (exact) mass is 307 g/mol. The molecule has 0 saturated carbocycles. The minimum atomic E-state index is -0.824. The predicted molar refractivity (Wildman–Crippen MR) is 84.1 cm³/mol. The van der Waals surface area contributed by atoms with Crippen LogP contribution in [-0.2, 0) is 0 Å². The van der Waals surface area contributed by atoms with Crippen molar-refractivity contribution in [3.05, 3.63) is 69.5 Å². The first-order chi connectivity index (χ1) is 9.93. The fourth-order valence-corrected chi connectivity index (χ4v) is 2.56. The Morgan fingerprint density at radius 3 is 2.33 bits per heavy atom. The second-order valence-corrected chi connectivity index (χ2v) is 5.71. The average molecular weight is 308 g/mol. The van der Waals surface area contributed by atoms with Crippen LogP contribution >= 0.6 is 11.6 Å². The van der Waals surface area contributed by atoms with Crippen LogP contribution in [0.15, 0.2) is 36.4 Å². The molecule has 0 bridgehead atoms. The summed E-state index contributed by atoms with van der Waals surface area (Å²) in [5, 5.41) is 10.6. The van der Waals surface area contributed by atoms with Gasteiger partial charge in [-0.1, -0.05) is 35.9 Å². The highest BCUT2D eigenvalue weighted by Gasteiger charge is 2.22. The normalized spacial score (nSPS) is 14.0. The first-order valence-electron chi connectivity index (χ1n) is 6.84. The van der Waals surface area contributed by atoms with Gasteiger partial charge in [0, 0.05) is 12.5 Å². The Balaban J connectivity index is 2.35. The van der Waals surface area contributed by atoms with Gasteiger partial charge in [-0.2, -0.15) is 0 Å². The quantitative estimate of drug-likeness (QED) is 0.900. The zero-order chi connectivity index (χ0) is 15.6. The molecule has 2 aromatic rings. The summed E-state index contributed by atoms with van der Waals surface area (Å²) in [4.78, 5) is 0. The molecular formula is C17H19ClFNO. The number of halogens is 2. The smallest absolute Gasteiger partial charge is 0.141 e. The molecule has 0 fully saturated rings. The Bertz CT molecular complexity index is 645. The molecule has 0 saturated heterocycles. The minimum Gasteiger partial charge on any atom is -0.388 e. The minimum absolute atomic E-state index is 0.00223. The maximum absolute atomic E-state index is 13.2. The van der Waals surface area contributed by atoms with Gasteiger partial charge in [-0.05, 0) is 48.2 Å². The highest BCUT2D eigenvalue weighted by Crippen LogP contribution is 2.32. The van der Waals surface area contributed by atoms with E-state index >= 15 is 0 Å². The van der Waals surface area contributed by atoms with Gasteiger partial charge in [-0.3, -0.25) is 0 Å². The second kappa shape index (κ2) is 6.56. The lowest BCUT2D eigenvalue weighted by Crippen LogP contribution is -2.20. The second-order valence-electron chi connectivity index (χ2n) is 5.30. The highest BCUT2D eigenvalue weighted by atomic mass is 35.5. The first-order valence-corrected chi connectivity index (χ1v) is 7.22. The number of hydrogen-bond donors (Lipinski definition) is 2. The third-order valence-corrected chi connectivity index (χ3v) is 4.17. The number of hydrogen-bond acceptors (Lipinski definition) is 2. The SMILES string of the molecule is Cc1ccc(C(CN)C(O)c2ccc(F)c(Cl)c2)cc1C. The van der Waals surface area contributed by atoms with Gasteiger partial charge in [0.1, 0.15) is 5.82 Å². The molecule has 2 rings (SSSR count). The summed E-state index contributed by atoms with van der Waals surface area (Å²) in [7, 11) is 0. The third-order valence-electron chi connectivity index (χ3n) is 3.88. The number of aliphatic hydroxyl groups excluding tert-OH is 1. The molecule has 2 aromatic carbocycles. The van der Waals surface area contributed by atoms with Gasteiger partial charge in [0.05, 0.1) is 11.1 Å². The van der Waals surface area contributed by atoms with Crippen molar-refractivity contribution >= 4 is 11.6 Å². The fraction of sp³-hybridized carbons (Fsp3) is 0.294. The molecule has 4 heteroatoms. The van der Waals surface area contributed by atoms with E-state index in [9.17, 15) is 9.50 Å². The van der Waals surface area contributed by atoms with E-state index in [2.05, 4.69) is 0 Å². The van der Waals surface area contributed by atoms with Crippen LogP contribution in [0, 0.1) is 19.7 Å². The van der Waals surface area contributed by atoms with Crippen LogP contribution < -0.4 is 5.73 Å². The molecule has 21 heavy (non-hydrogen) atoms. The molecular weight excluding hydrogens is 289 g/mol. The Morgan fingerprint density at radius 2 is 1.76 bits per heavy atom. The van der Waals surface area contributed by atoms with E-state index in [1.165, 1.54) is 23.8 Å². The van der Waals surface area contributed by atoms with E-state index in [4.69, 9.17) is 17.3 Å². The molecule has 0 radical (unpaired) electrons. The molecule has 0 aliphatic rings. The molecule has 112 valence electrons. The maximum atomic E-state index is 13.2. The van der Waals surface area contributed by atoms with E-state index < -0.39 is 11.9 Å². The molecule has 2 nitrogen and oxygen atoms in total. The zero-order valence-electron chi connectivity index (χ0n) is 12.1. The fourth-order valence-electron chi connectivity index (χ4n) is 2.37. The van der Waals surface area contributed by atoms with Crippen molar-refractivity contribution < 1.29 is 9.50 Å². The number of aryl methyl sites for hydroxylation is 2. The Hall–Kier alpha value is -1.42. The lowest BCUT2D eigenvalue weighted by molar-refractivity contribution is 0.147. The summed E-state index contributed by atoms with van der Waals surface area (Å²) >= 11 is 5.78. The zero-order valence-corrected chi connectivity index (χ0v) is 12.9. The number of benzene rings is 2. The van der Waals surface area contributed by atoms with Crippen LogP contribution in [0.1, 0.15) is 34.3 Å². The van der Waals surface area contributed by atoms with Crippen molar-refractivity contribution in [1.82, 2.24) is 0 Å². The van der Waals surface area contributed by atoms with Crippen molar-refractivity contribution in [2.24, 2.45) is 5.73 Å². The average Bonchev–Trinajstić information content (AvgIpc) is 2.46. The first kappa shape index (κ1) is 16.0. The largest absolute Gasteiger partial charge is 0.388 e. The van der Waals surface area contributed by atoms with Gasteiger partial charge in [0.15, 0.2) is 0 Å². The lowest BCUT2D eigenvalue weighted by Gasteiger charge is -2.23. The van der Waals surface area contributed by atoms with Gasteiger partial charge >= 0.3 is 0 Å². The van der Waals surface area contributed by atoms with E-state index in [0.29, 0.717) is 12.1 Å². The van der Waals surface area contributed by atoms with Crippen LogP contribution in [0.25, 0.3) is 0 Å². The molecule has 2 atom stereocenters. The van der Waals surface area contributed by atoms with Crippen LogP contribution in [0.4, 0.5) is 4.39 Å². The van der Waals surface area contributed by atoms with Gasteiger partial charge in [0.25, 0.3) is 0 Å². The summed E-state index contributed by atoms with van der Waals surface area (Å²) in [6.07, 6.45) is -0.824. The van der Waals surface area contributed by atoms with Gasteiger partial charge in [0.2, 0.25) is 0 Å². The van der Waals surface area contributed by atoms with Crippen molar-refractivity contribution in [3.63, 3.8) is 0 Å². The predicted octanol–water partition coefficient (Wildman–Crippen LogP) is 3.87. The lowest BCUT2D eigenvalue weighted by atomic mass is 9.88. The van der Waals surface area contributed by atoms with E-state index in [1.54, 1.807) is 0 Å². The highest BCUT2D eigenvalue weighted by molar-refractivity contribution is 6.30. The van der Waals surface area contributed by atoms with Crippen molar-refractivity contribution in [1.29, 1.82) is 0 Å².